The highest BCUT2D eigenvalue weighted by atomic mass is 32.2. The van der Waals surface area contributed by atoms with Crippen molar-refractivity contribution in [3.63, 3.8) is 0 Å². The van der Waals surface area contributed by atoms with Gasteiger partial charge in [-0.15, -0.1) is 0 Å². The molecule has 1 saturated heterocycles. The van der Waals surface area contributed by atoms with Crippen LogP contribution in [0.3, 0.4) is 0 Å². The van der Waals surface area contributed by atoms with Crippen LogP contribution >= 0.6 is 11.8 Å². The maximum atomic E-state index is 12.9. The van der Waals surface area contributed by atoms with Gasteiger partial charge < -0.3 is 14.7 Å². The SMILES string of the molecule is CCN(C(=O)CSc1nccnc1N1CCN(c2ccccc2)CC1)c1ccccc1. The van der Waals surface area contributed by atoms with Crippen LogP contribution in [0, 0.1) is 0 Å². The molecule has 0 bridgehead atoms. The largest absolute Gasteiger partial charge is 0.368 e. The van der Waals surface area contributed by atoms with Crippen LogP contribution in [-0.2, 0) is 4.79 Å². The lowest BCUT2D eigenvalue weighted by Crippen LogP contribution is -2.47. The highest BCUT2D eigenvalue weighted by molar-refractivity contribution is 8.00. The summed E-state index contributed by atoms with van der Waals surface area (Å²) in [7, 11) is 0. The average Bonchev–Trinajstić information content (AvgIpc) is 2.85. The Morgan fingerprint density at radius 1 is 0.903 bits per heavy atom. The van der Waals surface area contributed by atoms with Crippen LogP contribution in [0.2, 0.25) is 0 Å². The number of piperazine rings is 1. The van der Waals surface area contributed by atoms with E-state index in [-0.39, 0.29) is 5.91 Å². The molecule has 0 atom stereocenters. The maximum absolute atomic E-state index is 12.9. The molecule has 2 heterocycles. The summed E-state index contributed by atoms with van der Waals surface area (Å²) in [6.45, 7) is 6.25. The van der Waals surface area contributed by atoms with Crippen LogP contribution in [-0.4, -0.2) is 54.4 Å². The van der Waals surface area contributed by atoms with E-state index in [0.29, 0.717) is 12.3 Å². The Balaban J connectivity index is 1.39. The molecule has 1 fully saturated rings. The van der Waals surface area contributed by atoms with Crippen molar-refractivity contribution in [3.8, 4) is 0 Å². The normalized spacial score (nSPS) is 13.8. The number of thioether (sulfide) groups is 1. The molecule has 4 rings (SSSR count). The van der Waals surface area contributed by atoms with Gasteiger partial charge in [0.2, 0.25) is 5.91 Å². The van der Waals surface area contributed by atoms with Crippen LogP contribution in [0.5, 0.6) is 0 Å². The molecule has 6 nitrogen and oxygen atoms in total. The molecule has 31 heavy (non-hydrogen) atoms. The van der Waals surface area contributed by atoms with Crippen LogP contribution in [0.25, 0.3) is 0 Å². The lowest BCUT2D eigenvalue weighted by atomic mass is 10.2. The van der Waals surface area contributed by atoms with Gasteiger partial charge in [0.05, 0.1) is 5.75 Å². The minimum Gasteiger partial charge on any atom is -0.368 e. The molecular formula is C24H27N5OS. The van der Waals surface area contributed by atoms with Gasteiger partial charge >= 0.3 is 0 Å². The summed E-state index contributed by atoms with van der Waals surface area (Å²) in [4.78, 5) is 28.5. The molecule has 7 heteroatoms. The first-order valence-electron chi connectivity index (χ1n) is 10.6. The molecule has 1 amide bonds. The van der Waals surface area contributed by atoms with Gasteiger partial charge in [0.15, 0.2) is 5.82 Å². The number of para-hydroxylation sites is 2. The fourth-order valence-corrected chi connectivity index (χ4v) is 4.63. The second kappa shape index (κ2) is 10.3. The number of carbonyl (C=O) groups excluding carboxylic acids is 1. The molecule has 3 aromatic rings. The quantitative estimate of drug-likeness (QED) is 0.526. The van der Waals surface area contributed by atoms with Crippen LogP contribution < -0.4 is 14.7 Å². The minimum absolute atomic E-state index is 0.0733. The van der Waals surface area contributed by atoms with Crippen LogP contribution in [0.4, 0.5) is 17.2 Å². The molecule has 0 saturated carbocycles. The number of anilines is 3. The summed E-state index contributed by atoms with van der Waals surface area (Å²) in [5.41, 5.74) is 2.18. The Morgan fingerprint density at radius 3 is 2.19 bits per heavy atom. The standard InChI is InChI=1S/C24H27N5OS/c1-2-29(21-11-7-4-8-12-21)22(30)19-31-24-23(25-13-14-26-24)28-17-15-27(16-18-28)20-9-5-3-6-10-20/h3-14H,2,15-19H2,1H3. The smallest absolute Gasteiger partial charge is 0.237 e. The summed E-state index contributed by atoms with van der Waals surface area (Å²) in [5, 5.41) is 0.813. The van der Waals surface area contributed by atoms with Gasteiger partial charge in [-0.25, -0.2) is 9.97 Å². The van der Waals surface area contributed by atoms with Gasteiger partial charge in [-0.3, -0.25) is 4.79 Å². The summed E-state index contributed by atoms with van der Waals surface area (Å²) in [6.07, 6.45) is 3.43. The van der Waals surface area contributed by atoms with Gasteiger partial charge in [0.25, 0.3) is 0 Å². The van der Waals surface area contributed by atoms with E-state index >= 15 is 0 Å². The van der Waals surface area contributed by atoms with Gasteiger partial charge in [-0.1, -0.05) is 48.2 Å². The predicted molar refractivity (Wildman–Crippen MR) is 128 cm³/mol. The van der Waals surface area contributed by atoms with E-state index in [2.05, 4.69) is 44.0 Å². The van der Waals surface area contributed by atoms with E-state index in [9.17, 15) is 4.79 Å². The number of amides is 1. The highest BCUT2D eigenvalue weighted by Gasteiger charge is 2.22. The number of hydrogen-bond donors (Lipinski definition) is 0. The first kappa shape index (κ1) is 21.2. The monoisotopic (exact) mass is 433 g/mol. The van der Waals surface area contributed by atoms with E-state index in [1.54, 1.807) is 12.4 Å². The Labute approximate surface area is 187 Å². The molecule has 1 aliphatic heterocycles. The molecule has 2 aromatic carbocycles. The van der Waals surface area contributed by atoms with Crippen molar-refractivity contribution in [3.05, 3.63) is 73.1 Å². The first-order valence-corrected chi connectivity index (χ1v) is 11.6. The van der Waals surface area contributed by atoms with Crippen LogP contribution in [0.15, 0.2) is 78.1 Å². The number of nitrogens with zero attached hydrogens (tertiary/aromatic N) is 5. The molecule has 0 spiro atoms. The van der Waals surface area contributed by atoms with Crippen molar-refractivity contribution in [1.29, 1.82) is 0 Å². The van der Waals surface area contributed by atoms with Gasteiger partial charge in [-0.05, 0) is 31.2 Å². The zero-order chi connectivity index (χ0) is 21.5. The van der Waals surface area contributed by atoms with Crippen molar-refractivity contribution >= 4 is 34.9 Å². The molecular weight excluding hydrogens is 406 g/mol. The van der Waals surface area contributed by atoms with Gasteiger partial charge in [0.1, 0.15) is 5.03 Å². The van der Waals surface area contributed by atoms with E-state index in [1.165, 1.54) is 17.4 Å². The van der Waals surface area contributed by atoms with Gasteiger partial charge in [-0.2, -0.15) is 0 Å². The second-order valence-corrected chi connectivity index (χ2v) is 8.22. The van der Waals surface area contributed by atoms with Gasteiger partial charge in [0, 0.05) is 56.5 Å². The van der Waals surface area contributed by atoms with Crippen LogP contribution in [0.1, 0.15) is 6.92 Å². The molecule has 1 aliphatic rings. The zero-order valence-corrected chi connectivity index (χ0v) is 18.5. The second-order valence-electron chi connectivity index (χ2n) is 7.26. The fourth-order valence-electron chi connectivity index (χ4n) is 3.77. The number of hydrogen-bond acceptors (Lipinski definition) is 6. The Hall–Kier alpha value is -3.06. The third-order valence-electron chi connectivity index (χ3n) is 5.36. The lowest BCUT2D eigenvalue weighted by Gasteiger charge is -2.37. The van der Waals surface area contributed by atoms with Crippen molar-refractivity contribution in [2.45, 2.75) is 11.9 Å². The lowest BCUT2D eigenvalue weighted by molar-refractivity contribution is -0.116. The molecule has 0 aliphatic carbocycles. The topological polar surface area (TPSA) is 52.6 Å². The van der Waals surface area contributed by atoms with E-state index in [4.69, 9.17) is 0 Å². The van der Waals surface area contributed by atoms with Crippen molar-refractivity contribution in [2.75, 3.05) is 53.2 Å². The molecule has 1 aromatic heterocycles. The number of benzene rings is 2. The highest BCUT2D eigenvalue weighted by Crippen LogP contribution is 2.28. The van der Waals surface area contributed by atoms with E-state index in [0.717, 1.165) is 42.7 Å². The summed E-state index contributed by atoms with van der Waals surface area (Å²) >= 11 is 1.46. The Morgan fingerprint density at radius 2 is 1.52 bits per heavy atom. The molecule has 0 unspecified atom stereocenters. The van der Waals surface area contributed by atoms with Crippen molar-refractivity contribution < 1.29 is 4.79 Å². The summed E-state index contributed by atoms with van der Waals surface area (Å²) in [6, 6.07) is 20.3. The Bertz CT molecular complexity index is 978. The summed E-state index contributed by atoms with van der Waals surface area (Å²) < 4.78 is 0. The molecule has 0 N–H and O–H groups in total. The third kappa shape index (κ3) is 5.17. The maximum Gasteiger partial charge on any atom is 0.237 e. The predicted octanol–water partition coefficient (Wildman–Crippen LogP) is 3.95. The molecule has 160 valence electrons. The van der Waals surface area contributed by atoms with Crippen molar-refractivity contribution in [2.24, 2.45) is 0 Å². The number of aromatic nitrogens is 2. The third-order valence-corrected chi connectivity index (χ3v) is 6.32. The Kier molecular flexibility index (Phi) is 7.04. The van der Waals surface area contributed by atoms with E-state index in [1.807, 2.05) is 48.2 Å². The molecule has 0 radical (unpaired) electrons. The zero-order valence-electron chi connectivity index (χ0n) is 17.7. The van der Waals surface area contributed by atoms with Crippen molar-refractivity contribution in [1.82, 2.24) is 9.97 Å². The summed E-state index contributed by atoms with van der Waals surface area (Å²) in [5.74, 6) is 1.28. The number of carbonyl (C=O) groups is 1. The van der Waals surface area contributed by atoms with E-state index < -0.39 is 0 Å². The fraction of sp³-hybridized carbons (Fsp3) is 0.292. The number of rotatable bonds is 7. The minimum atomic E-state index is 0.0733. The average molecular weight is 434 g/mol. The first-order chi connectivity index (χ1) is 15.3.